The minimum atomic E-state index is -6.98. The maximum Gasteiger partial charge on any atom is 0.509 e. The Balaban J connectivity index is 7.37. The van der Waals surface area contributed by atoms with Crippen LogP contribution in [0.5, 0.6) is 0 Å². The third-order valence-electron chi connectivity index (χ3n) is 5.68. The molecule has 0 aromatic heterocycles. The summed E-state index contributed by atoms with van der Waals surface area (Å²) in [6.45, 7) is 0. The topological polar surface area (TPSA) is 55.4 Å². The molecule has 38 heavy (non-hydrogen) atoms. The summed E-state index contributed by atoms with van der Waals surface area (Å²) in [4.78, 5) is 0. The first-order valence-electron chi connectivity index (χ1n) is 9.76. The molecule has 0 aliphatic rings. The predicted molar refractivity (Wildman–Crippen MR) is 102 cm³/mol. The van der Waals surface area contributed by atoms with E-state index in [0.29, 0.717) is 42.7 Å². The monoisotopic (exact) mass is 634 g/mol. The lowest BCUT2D eigenvalue weighted by atomic mass is 9.98. The van der Waals surface area contributed by atoms with E-state index in [2.05, 4.69) is 13.3 Å². The van der Waals surface area contributed by atoms with Gasteiger partial charge in [0.05, 0.1) is 5.54 Å². The van der Waals surface area contributed by atoms with Crippen LogP contribution in [0.1, 0.15) is 12.8 Å². The van der Waals surface area contributed by atoms with Gasteiger partial charge < -0.3 is 26.6 Å². The largest absolute Gasteiger partial charge is 0.509 e. The predicted octanol–water partition coefficient (Wildman–Crippen LogP) is 5.93. The summed E-state index contributed by atoms with van der Waals surface area (Å²) < 4.78 is 219. The molecule has 6 nitrogen and oxygen atoms in total. The van der Waals surface area contributed by atoms with Gasteiger partial charge in [-0.05, 0) is 6.42 Å². The minimum Gasteiger partial charge on any atom is -0.377 e. The summed E-state index contributed by atoms with van der Waals surface area (Å²) in [6, 6.07) is 0. The van der Waals surface area contributed by atoms with Gasteiger partial charge in [-0.2, -0.15) is 61.5 Å². The van der Waals surface area contributed by atoms with Crippen LogP contribution < -0.4 is 0 Å². The molecule has 230 valence electrons. The molecule has 0 amide bonds. The van der Waals surface area contributed by atoms with Crippen molar-refractivity contribution in [2.24, 2.45) is 0 Å². The second-order valence-electron chi connectivity index (χ2n) is 7.59. The quantitative estimate of drug-likeness (QED) is 0.165. The molecule has 0 radical (unpaired) electrons. The summed E-state index contributed by atoms with van der Waals surface area (Å²) in [5, 5.41) is 0. The zero-order chi connectivity index (χ0) is 30.8. The van der Waals surface area contributed by atoms with Crippen LogP contribution in [-0.2, 0) is 26.6 Å². The number of halogens is 14. The van der Waals surface area contributed by atoms with Crippen molar-refractivity contribution in [3.8, 4) is 0 Å². The van der Waals surface area contributed by atoms with Crippen molar-refractivity contribution in [2.75, 3.05) is 42.7 Å². The van der Waals surface area contributed by atoms with E-state index in [1.54, 1.807) is 0 Å². The van der Waals surface area contributed by atoms with Gasteiger partial charge in [-0.1, -0.05) is 0 Å². The molecule has 0 saturated carbocycles. The van der Waals surface area contributed by atoms with E-state index in [4.69, 9.17) is 13.3 Å². The van der Waals surface area contributed by atoms with Crippen molar-refractivity contribution < 1.29 is 88.0 Å². The molecule has 22 heteroatoms. The van der Waals surface area contributed by atoms with Gasteiger partial charge in [-0.3, -0.25) is 0 Å². The third-order valence-corrected chi connectivity index (χ3v) is 12.0. The highest BCUT2D eigenvalue weighted by atomic mass is 28.4. The molecule has 0 aromatic carbocycles. The average molecular weight is 635 g/mol. The van der Waals surface area contributed by atoms with Gasteiger partial charge in [0.1, 0.15) is 0 Å². The molecule has 0 aliphatic heterocycles. The lowest BCUT2D eigenvalue weighted by Gasteiger charge is -2.43. The van der Waals surface area contributed by atoms with E-state index in [1.807, 2.05) is 0 Å². The lowest BCUT2D eigenvalue weighted by molar-refractivity contribution is -0.360. The Morgan fingerprint density at radius 1 is 0.500 bits per heavy atom. The maximum atomic E-state index is 15.0. The van der Waals surface area contributed by atoms with Gasteiger partial charge in [0.15, 0.2) is 0 Å². The maximum absolute atomic E-state index is 15.0. The molecular weight excluding hydrogens is 610 g/mol. The molecule has 0 heterocycles. The molecule has 0 saturated heterocycles. The molecule has 2 unspecified atom stereocenters. The fraction of sp³-hybridized carbons (Fsp3) is 1.00. The van der Waals surface area contributed by atoms with Gasteiger partial charge in [0.25, 0.3) is 0 Å². The van der Waals surface area contributed by atoms with Crippen molar-refractivity contribution in [3.63, 3.8) is 0 Å². The Kier molecular flexibility index (Phi) is 11.7. The standard InChI is InChI=1S/C16H24F14O6Si2/c1-31-37(32-2,33-3)9(8-11(17,18)13(21,22)15(25,26)27)7-10(38(34-4,35-5)36-6)12(19,20)14(23,24)16(28,29)30/h9-10H,7-8H2,1-6H3. The fourth-order valence-corrected chi connectivity index (χ4v) is 8.95. The highest BCUT2D eigenvalue weighted by Gasteiger charge is 2.80. The first-order valence-corrected chi connectivity index (χ1v) is 13.4. The summed E-state index contributed by atoms with van der Waals surface area (Å²) in [5.74, 6) is -26.3. The zero-order valence-corrected chi connectivity index (χ0v) is 22.3. The highest BCUT2D eigenvalue weighted by Crippen LogP contribution is 2.59. The molecule has 0 bridgehead atoms. The van der Waals surface area contributed by atoms with Gasteiger partial charge >= 0.3 is 53.7 Å². The van der Waals surface area contributed by atoms with Crippen molar-refractivity contribution >= 4 is 17.6 Å². The zero-order valence-electron chi connectivity index (χ0n) is 20.3. The second-order valence-corrected chi connectivity index (χ2v) is 14.0. The summed E-state index contributed by atoms with van der Waals surface area (Å²) in [5.41, 5.74) is -6.63. The number of rotatable bonds is 15. The van der Waals surface area contributed by atoms with Crippen LogP contribution in [0.25, 0.3) is 0 Å². The average Bonchev–Trinajstić information content (AvgIpc) is 2.79. The van der Waals surface area contributed by atoms with Crippen LogP contribution in [0.15, 0.2) is 0 Å². The second kappa shape index (κ2) is 12.0. The first kappa shape index (κ1) is 37.2. The lowest BCUT2D eigenvalue weighted by Crippen LogP contribution is -2.64. The molecule has 0 aliphatic carbocycles. The van der Waals surface area contributed by atoms with Crippen LogP contribution >= 0.6 is 0 Å². The third kappa shape index (κ3) is 6.41. The van der Waals surface area contributed by atoms with E-state index in [9.17, 15) is 52.7 Å². The molecule has 0 spiro atoms. The van der Waals surface area contributed by atoms with Crippen molar-refractivity contribution in [3.05, 3.63) is 0 Å². The Morgan fingerprint density at radius 2 is 0.816 bits per heavy atom. The number of hydrogen-bond acceptors (Lipinski definition) is 6. The Morgan fingerprint density at radius 3 is 1.08 bits per heavy atom. The summed E-state index contributed by atoms with van der Waals surface area (Å²) in [7, 11) is -7.68. The SMILES string of the molecule is CO[Si](OC)(OC)C(CC(C(F)(F)C(F)(F)C(F)(F)F)[Si](OC)(OC)OC)CC(F)(F)C(F)(F)C(F)(F)F. The Labute approximate surface area is 209 Å². The number of hydrogen-bond donors (Lipinski definition) is 0. The van der Waals surface area contributed by atoms with Crippen LogP contribution in [0.3, 0.4) is 0 Å². The fourth-order valence-electron chi connectivity index (χ4n) is 3.63. The van der Waals surface area contributed by atoms with Gasteiger partial charge in [-0.25, -0.2) is 0 Å². The highest BCUT2D eigenvalue weighted by molar-refractivity contribution is 6.64. The van der Waals surface area contributed by atoms with Crippen LogP contribution in [0.4, 0.5) is 61.5 Å². The normalized spacial score (nSPS) is 17.1. The molecule has 0 rings (SSSR count). The molecule has 0 aromatic rings. The van der Waals surface area contributed by atoms with Crippen LogP contribution in [0, 0.1) is 0 Å². The van der Waals surface area contributed by atoms with Crippen molar-refractivity contribution in [1.29, 1.82) is 0 Å². The van der Waals surface area contributed by atoms with E-state index in [0.717, 1.165) is 0 Å². The Hall–Kier alpha value is -0.786. The van der Waals surface area contributed by atoms with Gasteiger partial charge in [-0.15, -0.1) is 0 Å². The first-order chi connectivity index (χ1) is 16.8. The minimum absolute atomic E-state index is 0.448. The van der Waals surface area contributed by atoms with Gasteiger partial charge in [0.2, 0.25) is 0 Å². The van der Waals surface area contributed by atoms with E-state index in [-0.39, 0.29) is 0 Å². The summed E-state index contributed by atoms with van der Waals surface area (Å²) >= 11 is 0. The van der Waals surface area contributed by atoms with E-state index >= 15 is 8.78 Å². The van der Waals surface area contributed by atoms with E-state index in [1.165, 1.54) is 0 Å². The van der Waals surface area contributed by atoms with Crippen molar-refractivity contribution in [2.45, 2.75) is 60.0 Å². The number of alkyl halides is 14. The van der Waals surface area contributed by atoms with Crippen LogP contribution in [0.2, 0.25) is 11.1 Å². The molecule has 2 atom stereocenters. The summed E-state index contributed by atoms with van der Waals surface area (Å²) in [6.07, 6.45) is -18.9. The van der Waals surface area contributed by atoms with E-state index < -0.39 is 77.6 Å². The molecule has 0 N–H and O–H groups in total. The molecular formula is C16H24F14O6Si2. The Bertz CT molecular complexity index is 739. The smallest absolute Gasteiger partial charge is 0.377 e. The van der Waals surface area contributed by atoms with Gasteiger partial charge in [0, 0.05) is 54.6 Å². The van der Waals surface area contributed by atoms with Crippen molar-refractivity contribution in [1.82, 2.24) is 0 Å². The molecule has 0 fully saturated rings. The van der Waals surface area contributed by atoms with Crippen LogP contribution in [-0.4, -0.2) is 96.3 Å².